The topological polar surface area (TPSA) is 91.2 Å². The SMILES string of the molecule is COCCC(N)C(=O)c1c(C)ccnc1N. The molecule has 1 aromatic heterocycles. The number of ketones is 1. The van der Waals surface area contributed by atoms with Gasteiger partial charge in [0, 0.05) is 19.9 Å². The number of nitrogens with two attached hydrogens (primary N) is 2. The summed E-state index contributed by atoms with van der Waals surface area (Å²) in [5.74, 6) is 0.0537. The molecule has 4 N–H and O–H groups in total. The second-order valence-electron chi connectivity index (χ2n) is 3.64. The van der Waals surface area contributed by atoms with E-state index in [-0.39, 0.29) is 11.6 Å². The van der Waals surface area contributed by atoms with E-state index in [9.17, 15) is 4.79 Å². The van der Waals surface area contributed by atoms with Gasteiger partial charge < -0.3 is 16.2 Å². The van der Waals surface area contributed by atoms with Crippen LogP contribution in [0.2, 0.25) is 0 Å². The zero-order chi connectivity index (χ0) is 12.1. The number of Topliss-reactive ketones (excluding diaryl/α,β-unsaturated/α-hetero) is 1. The highest BCUT2D eigenvalue weighted by Crippen LogP contribution is 2.16. The molecule has 0 aliphatic heterocycles. The van der Waals surface area contributed by atoms with Crippen molar-refractivity contribution in [2.24, 2.45) is 5.73 Å². The lowest BCUT2D eigenvalue weighted by molar-refractivity contribution is 0.0935. The molecule has 88 valence electrons. The third kappa shape index (κ3) is 2.77. The molecule has 0 aliphatic carbocycles. The maximum atomic E-state index is 12.0. The van der Waals surface area contributed by atoms with Gasteiger partial charge in [-0.2, -0.15) is 0 Å². The molecule has 1 rings (SSSR count). The summed E-state index contributed by atoms with van der Waals surface area (Å²) in [6.45, 7) is 2.26. The van der Waals surface area contributed by atoms with Gasteiger partial charge in [-0.1, -0.05) is 0 Å². The Kier molecular flexibility index (Phi) is 4.39. The van der Waals surface area contributed by atoms with Gasteiger partial charge in [0.15, 0.2) is 5.78 Å². The first-order chi connectivity index (χ1) is 7.57. The van der Waals surface area contributed by atoms with Gasteiger partial charge in [0.1, 0.15) is 5.82 Å². The minimum absolute atomic E-state index is 0.180. The van der Waals surface area contributed by atoms with Crippen molar-refractivity contribution in [3.8, 4) is 0 Å². The van der Waals surface area contributed by atoms with Crippen LogP contribution in [0.25, 0.3) is 0 Å². The molecule has 0 bridgehead atoms. The first-order valence-electron chi connectivity index (χ1n) is 5.07. The third-order valence-corrected chi connectivity index (χ3v) is 2.40. The molecule has 0 aliphatic rings. The summed E-state index contributed by atoms with van der Waals surface area (Å²) in [4.78, 5) is 15.9. The first-order valence-corrected chi connectivity index (χ1v) is 5.07. The van der Waals surface area contributed by atoms with Gasteiger partial charge in [0.05, 0.1) is 11.6 Å². The molecule has 0 aromatic carbocycles. The predicted molar refractivity (Wildman–Crippen MR) is 62.2 cm³/mol. The zero-order valence-electron chi connectivity index (χ0n) is 9.56. The van der Waals surface area contributed by atoms with Gasteiger partial charge in [0.25, 0.3) is 0 Å². The fourth-order valence-electron chi connectivity index (χ4n) is 1.46. The number of anilines is 1. The minimum Gasteiger partial charge on any atom is -0.385 e. The van der Waals surface area contributed by atoms with E-state index >= 15 is 0 Å². The van der Waals surface area contributed by atoms with Crippen molar-refractivity contribution < 1.29 is 9.53 Å². The van der Waals surface area contributed by atoms with Crippen LogP contribution in [-0.2, 0) is 4.74 Å². The molecular formula is C11H17N3O2. The van der Waals surface area contributed by atoms with Gasteiger partial charge in [0.2, 0.25) is 0 Å². The van der Waals surface area contributed by atoms with Crippen LogP contribution in [0.3, 0.4) is 0 Å². The minimum atomic E-state index is -0.592. The Morgan fingerprint density at radius 2 is 2.31 bits per heavy atom. The van der Waals surface area contributed by atoms with E-state index < -0.39 is 6.04 Å². The van der Waals surface area contributed by atoms with E-state index in [0.717, 1.165) is 5.56 Å². The predicted octanol–water partition coefficient (Wildman–Crippen LogP) is 0.519. The summed E-state index contributed by atoms with van der Waals surface area (Å²) in [5, 5.41) is 0. The monoisotopic (exact) mass is 223 g/mol. The molecule has 5 nitrogen and oxygen atoms in total. The fraction of sp³-hybridized carbons (Fsp3) is 0.455. The maximum Gasteiger partial charge on any atom is 0.183 e. The van der Waals surface area contributed by atoms with Crippen LogP contribution in [0.1, 0.15) is 22.3 Å². The zero-order valence-corrected chi connectivity index (χ0v) is 9.56. The highest BCUT2D eigenvalue weighted by molar-refractivity contribution is 6.04. The number of nitrogen functional groups attached to an aromatic ring is 1. The molecule has 1 aromatic rings. The molecule has 0 spiro atoms. The molecule has 0 amide bonds. The summed E-state index contributed by atoms with van der Waals surface area (Å²) in [6.07, 6.45) is 2.05. The summed E-state index contributed by atoms with van der Waals surface area (Å²) in [5.41, 5.74) is 12.6. The second-order valence-corrected chi connectivity index (χ2v) is 3.64. The Labute approximate surface area is 94.8 Å². The fourth-order valence-corrected chi connectivity index (χ4v) is 1.46. The number of rotatable bonds is 5. The van der Waals surface area contributed by atoms with Crippen molar-refractivity contribution in [2.75, 3.05) is 19.5 Å². The van der Waals surface area contributed by atoms with Crippen LogP contribution in [-0.4, -0.2) is 30.5 Å². The first kappa shape index (κ1) is 12.6. The highest BCUT2D eigenvalue weighted by atomic mass is 16.5. The number of hydrogen-bond acceptors (Lipinski definition) is 5. The van der Waals surface area contributed by atoms with E-state index in [4.69, 9.17) is 16.2 Å². The van der Waals surface area contributed by atoms with E-state index in [0.29, 0.717) is 18.6 Å². The number of aryl methyl sites for hydroxylation is 1. The Bertz CT molecular complexity index is 359. The van der Waals surface area contributed by atoms with E-state index in [1.54, 1.807) is 19.4 Å². The van der Waals surface area contributed by atoms with Gasteiger partial charge in [-0.15, -0.1) is 0 Å². The van der Waals surface area contributed by atoms with E-state index in [1.165, 1.54) is 0 Å². The molecule has 5 heteroatoms. The van der Waals surface area contributed by atoms with Crippen LogP contribution in [0.15, 0.2) is 12.3 Å². The number of hydrogen-bond donors (Lipinski definition) is 2. The van der Waals surface area contributed by atoms with Crippen LogP contribution in [0.4, 0.5) is 5.82 Å². The average molecular weight is 223 g/mol. The average Bonchev–Trinajstić information content (AvgIpc) is 2.25. The summed E-state index contributed by atoms with van der Waals surface area (Å²) < 4.78 is 4.88. The number of aromatic nitrogens is 1. The molecule has 1 heterocycles. The van der Waals surface area contributed by atoms with Crippen LogP contribution in [0.5, 0.6) is 0 Å². The molecule has 0 radical (unpaired) electrons. The maximum absolute atomic E-state index is 12.0. The van der Waals surface area contributed by atoms with Crippen LogP contribution < -0.4 is 11.5 Å². The number of pyridine rings is 1. The Morgan fingerprint density at radius 1 is 1.62 bits per heavy atom. The molecule has 0 saturated heterocycles. The van der Waals surface area contributed by atoms with Crippen molar-refractivity contribution in [2.45, 2.75) is 19.4 Å². The third-order valence-electron chi connectivity index (χ3n) is 2.40. The Balaban J connectivity index is 2.87. The number of carbonyl (C=O) groups excluding carboxylic acids is 1. The lowest BCUT2D eigenvalue weighted by Crippen LogP contribution is -2.32. The molecule has 1 unspecified atom stereocenters. The van der Waals surface area contributed by atoms with Crippen molar-refractivity contribution >= 4 is 11.6 Å². The largest absolute Gasteiger partial charge is 0.385 e. The summed E-state index contributed by atoms with van der Waals surface area (Å²) >= 11 is 0. The lowest BCUT2D eigenvalue weighted by Gasteiger charge is -2.12. The van der Waals surface area contributed by atoms with Crippen molar-refractivity contribution in [3.63, 3.8) is 0 Å². The number of methoxy groups -OCH3 is 1. The normalized spacial score (nSPS) is 12.4. The van der Waals surface area contributed by atoms with Gasteiger partial charge in [-0.3, -0.25) is 4.79 Å². The molecule has 1 atom stereocenters. The van der Waals surface area contributed by atoms with Crippen molar-refractivity contribution in [3.05, 3.63) is 23.4 Å². The molecule has 0 fully saturated rings. The van der Waals surface area contributed by atoms with Crippen molar-refractivity contribution in [1.82, 2.24) is 4.98 Å². The van der Waals surface area contributed by atoms with E-state index in [2.05, 4.69) is 4.98 Å². The van der Waals surface area contributed by atoms with Crippen LogP contribution >= 0.6 is 0 Å². The standard InChI is InChI=1S/C11H17N3O2/c1-7-3-5-14-11(13)9(7)10(15)8(12)4-6-16-2/h3,5,8H,4,6,12H2,1-2H3,(H2,13,14). The summed E-state index contributed by atoms with van der Waals surface area (Å²) in [6, 6.07) is 1.15. The molecule has 16 heavy (non-hydrogen) atoms. The number of nitrogens with zero attached hydrogens (tertiary/aromatic N) is 1. The lowest BCUT2D eigenvalue weighted by atomic mass is 9.99. The Hall–Kier alpha value is -1.46. The Morgan fingerprint density at radius 3 is 2.88 bits per heavy atom. The van der Waals surface area contributed by atoms with Crippen molar-refractivity contribution in [1.29, 1.82) is 0 Å². The van der Waals surface area contributed by atoms with Gasteiger partial charge in [-0.25, -0.2) is 4.98 Å². The summed E-state index contributed by atoms with van der Waals surface area (Å²) in [7, 11) is 1.57. The van der Waals surface area contributed by atoms with E-state index in [1.807, 2.05) is 6.92 Å². The van der Waals surface area contributed by atoms with Gasteiger partial charge >= 0.3 is 0 Å². The quantitative estimate of drug-likeness (QED) is 0.710. The number of ether oxygens (including phenoxy) is 1. The highest BCUT2D eigenvalue weighted by Gasteiger charge is 2.20. The second kappa shape index (κ2) is 5.58. The molecular weight excluding hydrogens is 206 g/mol. The van der Waals surface area contributed by atoms with Gasteiger partial charge in [-0.05, 0) is 25.0 Å². The smallest absolute Gasteiger partial charge is 0.183 e. The molecule has 0 saturated carbocycles. The van der Waals surface area contributed by atoms with Crippen LogP contribution in [0, 0.1) is 6.92 Å². The number of carbonyl (C=O) groups is 1.